The van der Waals surface area contributed by atoms with Gasteiger partial charge >= 0.3 is 0 Å². The van der Waals surface area contributed by atoms with Crippen molar-refractivity contribution >= 4 is 9.84 Å². The molecule has 2 unspecified atom stereocenters. The van der Waals surface area contributed by atoms with E-state index in [0.717, 1.165) is 12.7 Å². The van der Waals surface area contributed by atoms with Gasteiger partial charge in [0.15, 0.2) is 9.84 Å². The summed E-state index contributed by atoms with van der Waals surface area (Å²) in [6.45, 7) is 4.27. The van der Waals surface area contributed by atoms with Gasteiger partial charge in [0.05, 0.1) is 18.8 Å². The third kappa shape index (κ3) is 3.31. The topological polar surface area (TPSA) is 72.2 Å². The van der Waals surface area contributed by atoms with Gasteiger partial charge in [-0.3, -0.25) is 4.68 Å². The minimum atomic E-state index is -3.21. The van der Waals surface area contributed by atoms with Crippen molar-refractivity contribution in [3.63, 3.8) is 0 Å². The molecule has 16 heavy (non-hydrogen) atoms. The van der Waals surface area contributed by atoms with E-state index in [1.807, 2.05) is 13.8 Å². The van der Waals surface area contributed by atoms with Crippen LogP contribution in [-0.2, 0) is 16.4 Å². The summed E-state index contributed by atoms with van der Waals surface area (Å²) < 4.78 is 23.9. The SMILES string of the molecule is CCC(C)C(O)Cn1cc(S(C)(=O)=O)cn1. The largest absolute Gasteiger partial charge is 0.391 e. The Labute approximate surface area is 96.0 Å². The number of aliphatic hydroxyl groups excluding tert-OH is 1. The highest BCUT2D eigenvalue weighted by molar-refractivity contribution is 7.90. The first-order chi connectivity index (χ1) is 7.34. The van der Waals surface area contributed by atoms with Crippen LogP contribution in [0.25, 0.3) is 0 Å². The molecule has 0 aliphatic rings. The maximum Gasteiger partial charge on any atom is 0.178 e. The number of rotatable bonds is 5. The molecule has 0 amide bonds. The molecule has 0 aliphatic heterocycles. The van der Waals surface area contributed by atoms with E-state index in [1.165, 1.54) is 17.1 Å². The molecule has 0 bridgehead atoms. The van der Waals surface area contributed by atoms with E-state index in [0.29, 0.717) is 6.54 Å². The van der Waals surface area contributed by atoms with Gasteiger partial charge in [0.2, 0.25) is 0 Å². The Morgan fingerprint density at radius 1 is 1.56 bits per heavy atom. The second-order valence-corrected chi connectivity index (χ2v) is 6.14. The fourth-order valence-corrected chi connectivity index (χ4v) is 1.83. The Morgan fingerprint density at radius 2 is 2.19 bits per heavy atom. The van der Waals surface area contributed by atoms with Gasteiger partial charge in [0.1, 0.15) is 4.90 Å². The maximum absolute atomic E-state index is 11.2. The van der Waals surface area contributed by atoms with Crippen molar-refractivity contribution in [3.05, 3.63) is 12.4 Å². The quantitative estimate of drug-likeness (QED) is 0.830. The smallest absolute Gasteiger partial charge is 0.178 e. The van der Waals surface area contributed by atoms with Crippen molar-refractivity contribution in [1.82, 2.24) is 9.78 Å². The van der Waals surface area contributed by atoms with Crippen LogP contribution >= 0.6 is 0 Å². The van der Waals surface area contributed by atoms with Gasteiger partial charge in [0, 0.05) is 12.5 Å². The molecule has 2 atom stereocenters. The molecule has 0 fully saturated rings. The molecule has 0 aromatic carbocycles. The van der Waals surface area contributed by atoms with Crippen molar-refractivity contribution in [1.29, 1.82) is 0 Å². The summed E-state index contributed by atoms with van der Waals surface area (Å²) in [4.78, 5) is 0.184. The van der Waals surface area contributed by atoms with Crippen LogP contribution < -0.4 is 0 Å². The van der Waals surface area contributed by atoms with Gasteiger partial charge in [-0.05, 0) is 5.92 Å². The van der Waals surface area contributed by atoms with E-state index in [-0.39, 0.29) is 10.8 Å². The average molecular weight is 246 g/mol. The Kier molecular flexibility index (Phi) is 4.09. The van der Waals surface area contributed by atoms with Gasteiger partial charge < -0.3 is 5.11 Å². The minimum Gasteiger partial charge on any atom is -0.391 e. The summed E-state index contributed by atoms with van der Waals surface area (Å²) >= 11 is 0. The predicted molar refractivity (Wildman–Crippen MR) is 60.8 cm³/mol. The average Bonchev–Trinajstić information content (AvgIpc) is 2.64. The molecule has 6 heteroatoms. The highest BCUT2D eigenvalue weighted by Gasteiger charge is 2.15. The fraction of sp³-hybridized carbons (Fsp3) is 0.700. The fourth-order valence-electron chi connectivity index (χ4n) is 1.28. The molecule has 0 saturated carbocycles. The second-order valence-electron chi connectivity index (χ2n) is 4.12. The van der Waals surface area contributed by atoms with Crippen molar-refractivity contribution < 1.29 is 13.5 Å². The normalized spacial score (nSPS) is 16.0. The van der Waals surface area contributed by atoms with Crippen LogP contribution in [0.15, 0.2) is 17.3 Å². The van der Waals surface area contributed by atoms with Crippen molar-refractivity contribution in [2.75, 3.05) is 6.26 Å². The molecule has 1 aromatic heterocycles. The summed E-state index contributed by atoms with van der Waals surface area (Å²) in [7, 11) is -3.21. The lowest BCUT2D eigenvalue weighted by Gasteiger charge is -2.16. The highest BCUT2D eigenvalue weighted by atomic mass is 32.2. The van der Waals surface area contributed by atoms with Crippen LogP contribution in [-0.4, -0.2) is 35.7 Å². The van der Waals surface area contributed by atoms with E-state index < -0.39 is 15.9 Å². The van der Waals surface area contributed by atoms with Gasteiger partial charge in [-0.2, -0.15) is 5.10 Å². The van der Waals surface area contributed by atoms with Crippen LogP contribution in [0.3, 0.4) is 0 Å². The molecule has 0 radical (unpaired) electrons. The van der Waals surface area contributed by atoms with Gasteiger partial charge in [-0.25, -0.2) is 8.42 Å². The zero-order valence-electron chi connectivity index (χ0n) is 9.79. The zero-order chi connectivity index (χ0) is 12.3. The zero-order valence-corrected chi connectivity index (χ0v) is 10.6. The molecule has 0 saturated heterocycles. The molecule has 1 rings (SSSR count). The summed E-state index contributed by atoms with van der Waals surface area (Å²) in [5, 5.41) is 13.7. The van der Waals surface area contributed by atoms with Gasteiger partial charge in [-0.15, -0.1) is 0 Å². The Morgan fingerprint density at radius 3 is 2.62 bits per heavy atom. The van der Waals surface area contributed by atoms with Crippen LogP contribution in [0, 0.1) is 5.92 Å². The monoisotopic (exact) mass is 246 g/mol. The summed E-state index contributed by atoms with van der Waals surface area (Å²) in [5.41, 5.74) is 0. The van der Waals surface area contributed by atoms with Crippen LogP contribution in [0.5, 0.6) is 0 Å². The van der Waals surface area contributed by atoms with E-state index in [2.05, 4.69) is 5.10 Å². The minimum absolute atomic E-state index is 0.172. The number of sulfone groups is 1. The predicted octanol–water partition coefficient (Wildman–Crippen LogP) is 0.694. The van der Waals surface area contributed by atoms with Gasteiger partial charge in [0.25, 0.3) is 0 Å². The number of hydrogen-bond donors (Lipinski definition) is 1. The lowest BCUT2D eigenvalue weighted by molar-refractivity contribution is 0.0928. The molecule has 1 aromatic rings. The first kappa shape index (κ1) is 13.2. The number of aliphatic hydroxyl groups is 1. The number of nitrogens with zero attached hydrogens (tertiary/aromatic N) is 2. The molecule has 92 valence electrons. The van der Waals surface area contributed by atoms with E-state index in [1.54, 1.807) is 0 Å². The summed E-state index contributed by atoms with van der Waals surface area (Å²) in [5.74, 6) is 0.172. The number of aromatic nitrogens is 2. The van der Waals surface area contributed by atoms with Crippen LogP contribution in [0.2, 0.25) is 0 Å². The first-order valence-electron chi connectivity index (χ1n) is 5.25. The second kappa shape index (κ2) is 4.97. The maximum atomic E-state index is 11.2. The molecule has 0 spiro atoms. The van der Waals surface area contributed by atoms with E-state index >= 15 is 0 Å². The first-order valence-corrected chi connectivity index (χ1v) is 7.14. The Bertz CT molecular complexity index is 439. The third-order valence-electron chi connectivity index (χ3n) is 2.71. The van der Waals surface area contributed by atoms with Crippen molar-refractivity contribution in [3.8, 4) is 0 Å². The molecule has 0 aliphatic carbocycles. The standard InChI is InChI=1S/C10H18N2O3S/c1-4-8(2)10(13)7-12-6-9(5-11-12)16(3,14)15/h5-6,8,10,13H,4,7H2,1-3H3. The van der Waals surface area contributed by atoms with E-state index in [9.17, 15) is 13.5 Å². The molecule has 1 heterocycles. The molecular formula is C10H18N2O3S. The number of hydrogen-bond acceptors (Lipinski definition) is 4. The van der Waals surface area contributed by atoms with Crippen molar-refractivity contribution in [2.45, 2.75) is 37.8 Å². The van der Waals surface area contributed by atoms with Crippen molar-refractivity contribution in [2.24, 2.45) is 5.92 Å². The Hall–Kier alpha value is -0.880. The molecule has 5 nitrogen and oxygen atoms in total. The highest BCUT2D eigenvalue weighted by Crippen LogP contribution is 2.11. The molecule has 1 N–H and O–H groups in total. The lowest BCUT2D eigenvalue weighted by Crippen LogP contribution is -2.23. The summed E-state index contributed by atoms with van der Waals surface area (Å²) in [6, 6.07) is 0. The molecular weight excluding hydrogens is 228 g/mol. The lowest BCUT2D eigenvalue weighted by atomic mass is 10.0. The summed E-state index contributed by atoms with van der Waals surface area (Å²) in [6.07, 6.45) is 4.26. The van der Waals surface area contributed by atoms with E-state index in [4.69, 9.17) is 0 Å². The Balaban J connectivity index is 2.73. The van der Waals surface area contributed by atoms with Crippen LogP contribution in [0.1, 0.15) is 20.3 Å². The van der Waals surface area contributed by atoms with Crippen LogP contribution in [0.4, 0.5) is 0 Å². The van der Waals surface area contributed by atoms with Gasteiger partial charge in [-0.1, -0.05) is 20.3 Å². The third-order valence-corrected chi connectivity index (χ3v) is 3.78.